The molecule has 1 aliphatic carbocycles. The maximum atomic E-state index is 11.5. The van der Waals surface area contributed by atoms with E-state index < -0.39 is 5.41 Å². The van der Waals surface area contributed by atoms with E-state index >= 15 is 0 Å². The average Bonchev–Trinajstić information content (AvgIpc) is 3.46. The van der Waals surface area contributed by atoms with Crippen LogP contribution in [-0.4, -0.2) is 10.2 Å². The van der Waals surface area contributed by atoms with Gasteiger partial charge in [-0.25, -0.2) is 0 Å². The first-order valence-corrected chi connectivity index (χ1v) is 17.5. The Morgan fingerprint density at radius 3 is 1.76 bits per heavy atom. The zero-order valence-electron chi connectivity index (χ0n) is 28.4. The third-order valence-corrected chi connectivity index (χ3v) is 10.8. The summed E-state index contributed by atoms with van der Waals surface area (Å²) >= 11 is 0. The lowest BCUT2D eigenvalue weighted by Gasteiger charge is -2.34. The molecule has 51 heavy (non-hydrogen) atoms. The Morgan fingerprint density at radius 2 is 1.12 bits per heavy atom. The number of phenolic OH excluding ortho intramolecular Hbond substituents is 1. The van der Waals surface area contributed by atoms with Crippen LogP contribution in [0, 0.1) is 0 Å². The van der Waals surface area contributed by atoms with Crippen LogP contribution in [0.5, 0.6) is 5.75 Å². The van der Waals surface area contributed by atoms with Crippen LogP contribution in [0.2, 0.25) is 0 Å². The highest BCUT2D eigenvalue weighted by atomic mass is 16.3. The molecule has 8 aromatic carbocycles. The number of fused-ring (bicyclic) bond motifs is 6. The lowest BCUT2D eigenvalue weighted by Crippen LogP contribution is -2.28. The molecule has 8 aromatic rings. The van der Waals surface area contributed by atoms with Crippen LogP contribution < -0.4 is 0 Å². The van der Waals surface area contributed by atoms with Crippen molar-refractivity contribution in [3.05, 3.63) is 209 Å². The van der Waals surface area contributed by atoms with Crippen molar-refractivity contribution in [2.45, 2.75) is 18.8 Å². The molecule has 244 valence electrons. The van der Waals surface area contributed by atoms with E-state index in [9.17, 15) is 10.2 Å². The van der Waals surface area contributed by atoms with Crippen LogP contribution in [0.4, 0.5) is 0 Å². The zero-order chi connectivity index (χ0) is 34.7. The number of phenols is 1. The maximum Gasteiger partial charge on any atom is 0.119 e. The number of aromatic hydroxyl groups is 1. The average molecular weight is 657 g/mol. The van der Waals surface area contributed by atoms with Crippen LogP contribution in [0.25, 0.3) is 55.6 Å². The fraction of sp³-hybridized carbons (Fsp3) is 0.0612. The molecule has 0 unspecified atom stereocenters. The summed E-state index contributed by atoms with van der Waals surface area (Å²) in [6, 6.07) is 54.0. The van der Waals surface area contributed by atoms with Crippen LogP contribution in [0.3, 0.4) is 0 Å². The van der Waals surface area contributed by atoms with Crippen LogP contribution in [0.1, 0.15) is 51.4 Å². The van der Waals surface area contributed by atoms with Crippen molar-refractivity contribution in [2.75, 3.05) is 0 Å². The highest BCUT2D eigenvalue weighted by Gasteiger charge is 2.46. The Morgan fingerprint density at radius 1 is 0.569 bits per heavy atom. The fourth-order valence-electron chi connectivity index (χ4n) is 8.64. The molecule has 0 fully saturated rings. The van der Waals surface area contributed by atoms with E-state index in [1.165, 1.54) is 49.4 Å². The fourth-order valence-corrected chi connectivity index (χ4v) is 8.64. The molecule has 0 saturated heterocycles. The summed E-state index contributed by atoms with van der Waals surface area (Å²) in [5.41, 5.74) is 10.6. The van der Waals surface area contributed by atoms with Crippen LogP contribution >= 0.6 is 0 Å². The summed E-state index contributed by atoms with van der Waals surface area (Å²) in [4.78, 5) is 0. The van der Waals surface area contributed by atoms with E-state index in [1.807, 2.05) is 18.2 Å². The quantitative estimate of drug-likeness (QED) is 0.138. The number of aliphatic hydroxyl groups is 1. The van der Waals surface area contributed by atoms with E-state index in [1.54, 1.807) is 13.0 Å². The van der Waals surface area contributed by atoms with Crippen molar-refractivity contribution in [2.24, 2.45) is 0 Å². The Hall–Kier alpha value is -6.38. The smallest absolute Gasteiger partial charge is 0.119 e. The summed E-state index contributed by atoms with van der Waals surface area (Å²) < 4.78 is 0. The topological polar surface area (TPSA) is 40.5 Å². The Bertz CT molecular complexity index is 2630. The standard InChI is InChI=1S/C49H36O2/c1-3-32-28-37(22-20-33(32)26-31(2)50)49(46-18-10-8-16-42(46)43-17-9-11-19-47(43)49)38-23-24-41-36(29-38)21-25-48(51)45(41)30-44-39-14-6-4-12-34(39)27-35-13-5-7-15-40(35)44/h3-29,50-51H,1,30H2,2H3/b31-26+. The molecule has 0 atom stereocenters. The number of benzene rings is 8. The molecule has 0 heterocycles. The SMILES string of the molecule is C=Cc1cc(C2(c3ccc4c(Cc5c6ccccc6cc6ccccc56)c(O)ccc4c3)c3ccccc3-c3ccccc32)ccc1/C=C(\C)O. The van der Waals surface area contributed by atoms with Gasteiger partial charge >= 0.3 is 0 Å². The molecular weight excluding hydrogens is 621 g/mol. The molecule has 0 aliphatic heterocycles. The van der Waals surface area contributed by atoms with Crippen molar-refractivity contribution in [3.8, 4) is 16.9 Å². The maximum absolute atomic E-state index is 11.5. The summed E-state index contributed by atoms with van der Waals surface area (Å²) in [5, 5.41) is 28.6. The summed E-state index contributed by atoms with van der Waals surface area (Å²) in [6.45, 7) is 5.84. The third kappa shape index (κ3) is 4.71. The van der Waals surface area contributed by atoms with Gasteiger partial charge in [0.1, 0.15) is 5.75 Å². The second-order valence-electron chi connectivity index (χ2n) is 13.6. The Labute approximate surface area is 297 Å². The van der Waals surface area contributed by atoms with E-state index in [0.29, 0.717) is 12.2 Å². The van der Waals surface area contributed by atoms with Crippen molar-refractivity contribution in [1.29, 1.82) is 0 Å². The number of rotatable bonds is 6. The zero-order valence-corrected chi connectivity index (χ0v) is 28.4. The minimum absolute atomic E-state index is 0.252. The van der Waals surface area contributed by atoms with Crippen molar-refractivity contribution >= 4 is 44.5 Å². The van der Waals surface area contributed by atoms with Gasteiger partial charge in [0.25, 0.3) is 0 Å². The lowest BCUT2D eigenvalue weighted by atomic mass is 9.67. The second kappa shape index (κ2) is 11.9. The Balaban J connectivity index is 1.29. The minimum Gasteiger partial charge on any atom is -0.513 e. The van der Waals surface area contributed by atoms with Gasteiger partial charge in [-0.3, -0.25) is 0 Å². The molecule has 9 rings (SSSR count). The van der Waals surface area contributed by atoms with Gasteiger partial charge in [-0.05, 0) is 120 Å². The van der Waals surface area contributed by atoms with Crippen LogP contribution in [0.15, 0.2) is 164 Å². The summed E-state index contributed by atoms with van der Waals surface area (Å²) in [7, 11) is 0. The van der Waals surface area contributed by atoms with Gasteiger partial charge in [0.15, 0.2) is 0 Å². The van der Waals surface area contributed by atoms with E-state index in [0.717, 1.165) is 38.6 Å². The van der Waals surface area contributed by atoms with Crippen LogP contribution in [-0.2, 0) is 11.8 Å². The molecule has 0 aromatic heterocycles. The number of allylic oxidation sites excluding steroid dienone is 1. The van der Waals surface area contributed by atoms with E-state index in [-0.39, 0.29) is 5.76 Å². The van der Waals surface area contributed by atoms with Gasteiger partial charge in [0, 0.05) is 12.0 Å². The van der Waals surface area contributed by atoms with Gasteiger partial charge in [0.2, 0.25) is 0 Å². The third-order valence-electron chi connectivity index (χ3n) is 10.8. The molecule has 1 aliphatic rings. The highest BCUT2D eigenvalue weighted by molar-refractivity contribution is 6.03. The second-order valence-corrected chi connectivity index (χ2v) is 13.6. The van der Waals surface area contributed by atoms with Gasteiger partial charge in [-0.2, -0.15) is 0 Å². The van der Waals surface area contributed by atoms with E-state index in [2.05, 4.69) is 146 Å². The molecule has 2 nitrogen and oxygen atoms in total. The molecule has 0 amide bonds. The van der Waals surface area contributed by atoms with Crippen molar-refractivity contribution in [1.82, 2.24) is 0 Å². The first-order valence-electron chi connectivity index (χ1n) is 17.5. The monoisotopic (exact) mass is 656 g/mol. The number of hydrogen-bond donors (Lipinski definition) is 2. The van der Waals surface area contributed by atoms with Gasteiger partial charge in [-0.15, -0.1) is 0 Å². The van der Waals surface area contributed by atoms with Crippen molar-refractivity contribution in [3.63, 3.8) is 0 Å². The van der Waals surface area contributed by atoms with Gasteiger partial charge in [-0.1, -0.05) is 140 Å². The molecular formula is C49H36O2. The predicted molar refractivity (Wildman–Crippen MR) is 214 cm³/mol. The van der Waals surface area contributed by atoms with Crippen molar-refractivity contribution < 1.29 is 10.2 Å². The number of hydrogen-bond acceptors (Lipinski definition) is 2. The summed E-state index contributed by atoms with van der Waals surface area (Å²) in [5.74, 6) is 0.555. The first-order chi connectivity index (χ1) is 25.0. The normalized spacial score (nSPS) is 13.4. The first kappa shape index (κ1) is 30.7. The molecule has 0 radical (unpaired) electrons. The van der Waals surface area contributed by atoms with E-state index in [4.69, 9.17) is 0 Å². The van der Waals surface area contributed by atoms with Gasteiger partial charge < -0.3 is 10.2 Å². The van der Waals surface area contributed by atoms with Gasteiger partial charge in [0.05, 0.1) is 11.2 Å². The number of aliphatic hydroxyl groups excluding tert-OH is 1. The molecule has 0 saturated carbocycles. The summed E-state index contributed by atoms with van der Waals surface area (Å²) in [6.07, 6.45) is 4.25. The molecule has 0 bridgehead atoms. The molecule has 0 spiro atoms. The highest BCUT2D eigenvalue weighted by Crippen LogP contribution is 2.56. The molecule has 2 N–H and O–H groups in total. The minimum atomic E-state index is -0.612. The predicted octanol–water partition coefficient (Wildman–Crippen LogP) is 12.4. The lowest BCUT2D eigenvalue weighted by molar-refractivity contribution is 0.420. The Kier molecular flexibility index (Phi) is 7.15. The molecule has 2 heteroatoms. The largest absolute Gasteiger partial charge is 0.513 e.